The Balaban J connectivity index is 1.68. The van der Waals surface area contributed by atoms with Crippen molar-refractivity contribution < 1.29 is 14.7 Å². The van der Waals surface area contributed by atoms with Crippen LogP contribution in [0.2, 0.25) is 0 Å². The smallest absolute Gasteiger partial charge is 0.223 e. The molecule has 1 heterocycles. The first-order valence-electron chi connectivity index (χ1n) is 7.82. The first-order chi connectivity index (χ1) is 10.4. The molecule has 1 saturated heterocycles. The minimum Gasteiger partial charge on any atom is -0.390 e. The summed E-state index contributed by atoms with van der Waals surface area (Å²) >= 11 is 0. The highest BCUT2D eigenvalue weighted by Gasteiger charge is 2.43. The maximum Gasteiger partial charge on any atom is 0.223 e. The lowest BCUT2D eigenvalue weighted by atomic mass is 9.71. The van der Waals surface area contributed by atoms with Gasteiger partial charge in [-0.1, -0.05) is 30.3 Å². The normalized spacial score (nSPS) is 34.5. The van der Waals surface area contributed by atoms with Crippen LogP contribution >= 0.6 is 0 Å². The first kappa shape index (κ1) is 15.0. The highest BCUT2D eigenvalue weighted by atomic mass is 16.3. The maximum absolute atomic E-state index is 12.3. The van der Waals surface area contributed by atoms with Crippen molar-refractivity contribution in [1.82, 2.24) is 10.6 Å². The summed E-state index contributed by atoms with van der Waals surface area (Å²) in [6.07, 6.45) is 2.08. The number of hydrogen-bond acceptors (Lipinski definition) is 3. The molecule has 1 aromatic carbocycles. The van der Waals surface area contributed by atoms with Gasteiger partial charge < -0.3 is 15.7 Å². The molecular formula is C17H22N2O3. The Bertz CT molecular complexity index is 563. The molecule has 0 radical (unpaired) electrons. The highest BCUT2D eigenvalue weighted by molar-refractivity contribution is 5.81. The van der Waals surface area contributed by atoms with Crippen LogP contribution in [0.4, 0.5) is 0 Å². The van der Waals surface area contributed by atoms with Crippen LogP contribution in [-0.2, 0) is 9.59 Å². The van der Waals surface area contributed by atoms with Crippen molar-refractivity contribution in [2.24, 2.45) is 5.92 Å². The monoisotopic (exact) mass is 302 g/mol. The molecule has 2 amide bonds. The van der Waals surface area contributed by atoms with E-state index in [1.165, 1.54) is 0 Å². The maximum atomic E-state index is 12.3. The van der Waals surface area contributed by atoms with Crippen LogP contribution in [0.15, 0.2) is 30.3 Å². The number of benzene rings is 1. The van der Waals surface area contributed by atoms with Crippen LogP contribution in [0.1, 0.15) is 44.2 Å². The van der Waals surface area contributed by atoms with E-state index in [0.717, 1.165) is 5.56 Å². The van der Waals surface area contributed by atoms with Crippen molar-refractivity contribution in [2.75, 3.05) is 0 Å². The van der Waals surface area contributed by atoms with Gasteiger partial charge in [0.2, 0.25) is 11.8 Å². The van der Waals surface area contributed by atoms with E-state index in [4.69, 9.17) is 0 Å². The van der Waals surface area contributed by atoms with E-state index in [2.05, 4.69) is 10.6 Å². The highest BCUT2D eigenvalue weighted by Crippen LogP contribution is 2.37. The van der Waals surface area contributed by atoms with E-state index in [-0.39, 0.29) is 29.8 Å². The van der Waals surface area contributed by atoms with Crippen LogP contribution < -0.4 is 10.6 Å². The zero-order valence-corrected chi connectivity index (χ0v) is 12.7. The average Bonchev–Trinajstić information content (AvgIpc) is 2.47. The molecule has 5 heteroatoms. The van der Waals surface area contributed by atoms with Crippen LogP contribution in [0.5, 0.6) is 0 Å². The minimum absolute atomic E-state index is 0.0194. The van der Waals surface area contributed by atoms with Crippen LogP contribution in [-0.4, -0.2) is 28.6 Å². The number of amides is 2. The lowest BCUT2D eigenvalue weighted by Crippen LogP contribution is -2.54. The van der Waals surface area contributed by atoms with E-state index < -0.39 is 5.60 Å². The molecule has 118 valence electrons. The second-order valence-electron chi connectivity index (χ2n) is 6.71. The summed E-state index contributed by atoms with van der Waals surface area (Å²) in [5.74, 6) is -0.122. The number of carbonyl (C=O) groups excluding carboxylic acids is 2. The van der Waals surface area contributed by atoms with Crippen molar-refractivity contribution in [3.8, 4) is 0 Å². The zero-order chi connectivity index (χ0) is 15.7. The van der Waals surface area contributed by atoms with Gasteiger partial charge >= 0.3 is 0 Å². The standard InChI is InChI=1S/C17H22N2O3/c1-17(22)9-12(10-17)16(21)18-13-7-8-14(20)19-15(13)11-5-3-2-4-6-11/h2-6,12-13,15,22H,7-10H2,1H3,(H,18,21)(H,19,20)/t12?,13-,15+,17?/m1/s1. The third kappa shape index (κ3) is 3.14. The third-order valence-corrected chi connectivity index (χ3v) is 4.63. The van der Waals surface area contributed by atoms with Gasteiger partial charge in [-0.3, -0.25) is 9.59 Å². The number of aliphatic hydroxyl groups is 1. The molecule has 2 atom stereocenters. The molecule has 1 aliphatic carbocycles. The van der Waals surface area contributed by atoms with Gasteiger partial charge in [0.15, 0.2) is 0 Å². The number of hydrogen-bond donors (Lipinski definition) is 3. The zero-order valence-electron chi connectivity index (χ0n) is 12.7. The first-order valence-corrected chi connectivity index (χ1v) is 7.82. The number of nitrogens with one attached hydrogen (secondary N) is 2. The summed E-state index contributed by atoms with van der Waals surface area (Å²) in [7, 11) is 0. The summed E-state index contributed by atoms with van der Waals surface area (Å²) in [6.45, 7) is 1.75. The van der Waals surface area contributed by atoms with Crippen molar-refractivity contribution >= 4 is 11.8 Å². The molecule has 0 unspecified atom stereocenters. The third-order valence-electron chi connectivity index (χ3n) is 4.63. The number of carbonyl (C=O) groups is 2. The van der Waals surface area contributed by atoms with Gasteiger partial charge in [-0.05, 0) is 31.7 Å². The fourth-order valence-electron chi connectivity index (χ4n) is 3.42. The molecule has 1 saturated carbocycles. The molecule has 3 N–H and O–H groups in total. The van der Waals surface area contributed by atoms with Crippen molar-refractivity contribution in [1.29, 1.82) is 0 Å². The van der Waals surface area contributed by atoms with E-state index in [0.29, 0.717) is 25.7 Å². The molecular weight excluding hydrogens is 280 g/mol. The Labute approximate surface area is 130 Å². The van der Waals surface area contributed by atoms with E-state index in [1.807, 2.05) is 30.3 Å². The topological polar surface area (TPSA) is 78.4 Å². The second kappa shape index (κ2) is 5.72. The van der Waals surface area contributed by atoms with Crippen LogP contribution in [0.25, 0.3) is 0 Å². The summed E-state index contributed by atoms with van der Waals surface area (Å²) in [5.41, 5.74) is 0.295. The average molecular weight is 302 g/mol. The molecule has 22 heavy (non-hydrogen) atoms. The Morgan fingerprint density at radius 3 is 2.64 bits per heavy atom. The van der Waals surface area contributed by atoms with Gasteiger partial charge in [-0.25, -0.2) is 0 Å². The lowest BCUT2D eigenvalue weighted by Gasteiger charge is -2.41. The van der Waals surface area contributed by atoms with E-state index >= 15 is 0 Å². The molecule has 2 fully saturated rings. The molecule has 3 rings (SSSR count). The van der Waals surface area contributed by atoms with Gasteiger partial charge in [0, 0.05) is 12.3 Å². The summed E-state index contributed by atoms with van der Waals surface area (Å²) in [6, 6.07) is 9.42. The SMILES string of the molecule is CC1(O)CC(C(=O)N[C@@H]2CCC(=O)N[C@H]2c2ccccc2)C1. The minimum atomic E-state index is -0.707. The number of rotatable bonds is 3. The van der Waals surface area contributed by atoms with E-state index in [9.17, 15) is 14.7 Å². The molecule has 2 aliphatic rings. The molecule has 0 spiro atoms. The van der Waals surface area contributed by atoms with Crippen molar-refractivity contribution in [3.63, 3.8) is 0 Å². The summed E-state index contributed by atoms with van der Waals surface area (Å²) in [4.78, 5) is 24.0. The predicted molar refractivity (Wildman–Crippen MR) is 81.8 cm³/mol. The summed E-state index contributed by atoms with van der Waals surface area (Å²) in [5, 5.41) is 15.8. The van der Waals surface area contributed by atoms with Gasteiger partial charge in [0.1, 0.15) is 0 Å². The molecule has 5 nitrogen and oxygen atoms in total. The Kier molecular flexibility index (Phi) is 3.91. The lowest BCUT2D eigenvalue weighted by molar-refractivity contribution is -0.140. The molecule has 0 bridgehead atoms. The molecule has 1 aliphatic heterocycles. The quantitative estimate of drug-likeness (QED) is 0.787. The number of piperidine rings is 1. The van der Waals surface area contributed by atoms with Crippen LogP contribution in [0, 0.1) is 5.92 Å². The van der Waals surface area contributed by atoms with Crippen LogP contribution in [0.3, 0.4) is 0 Å². The Morgan fingerprint density at radius 1 is 1.32 bits per heavy atom. The molecule has 0 aromatic heterocycles. The van der Waals surface area contributed by atoms with Gasteiger partial charge in [0.25, 0.3) is 0 Å². The van der Waals surface area contributed by atoms with Crippen molar-refractivity contribution in [2.45, 2.75) is 50.3 Å². The van der Waals surface area contributed by atoms with E-state index in [1.54, 1.807) is 6.92 Å². The molecule has 1 aromatic rings. The fraction of sp³-hybridized carbons (Fsp3) is 0.529. The van der Waals surface area contributed by atoms with Gasteiger partial charge in [-0.15, -0.1) is 0 Å². The van der Waals surface area contributed by atoms with Gasteiger partial charge in [-0.2, -0.15) is 0 Å². The Hall–Kier alpha value is -1.88. The predicted octanol–water partition coefficient (Wildman–Crippen LogP) is 1.28. The summed E-state index contributed by atoms with van der Waals surface area (Å²) < 4.78 is 0. The largest absolute Gasteiger partial charge is 0.390 e. The fourth-order valence-corrected chi connectivity index (χ4v) is 3.42. The Morgan fingerprint density at radius 2 is 2.00 bits per heavy atom. The van der Waals surface area contributed by atoms with Gasteiger partial charge in [0.05, 0.1) is 17.7 Å². The second-order valence-corrected chi connectivity index (χ2v) is 6.71. The van der Waals surface area contributed by atoms with Crippen molar-refractivity contribution in [3.05, 3.63) is 35.9 Å².